The van der Waals surface area contributed by atoms with Crippen LogP contribution in [0.25, 0.3) is 5.69 Å². The van der Waals surface area contributed by atoms with Gasteiger partial charge in [-0.25, -0.2) is 20.0 Å². The first-order chi connectivity index (χ1) is 14.2. The Morgan fingerprint density at radius 2 is 2.03 bits per heavy atom. The fourth-order valence-corrected chi connectivity index (χ4v) is 4.48. The molecule has 1 aliphatic carbocycles. The van der Waals surface area contributed by atoms with Gasteiger partial charge in [0.2, 0.25) is 5.82 Å². The van der Waals surface area contributed by atoms with Gasteiger partial charge in [0.1, 0.15) is 12.3 Å². The molecule has 2 aliphatic heterocycles. The standard InChI is InChI=1S/C19H18FN7O2/c1-28-19(8-4-5-9-19)16-23-18(29-24-16)25-11-22-15-12-6-2-3-7-13(12)26-14(27(15)25)10-21-17(26)20/h2-3,6-7,10H,4-5,8-9,11H2,1H3. The largest absolute Gasteiger partial charge is 0.370 e. The van der Waals surface area contributed by atoms with Crippen LogP contribution in [0, 0.1) is 6.08 Å². The van der Waals surface area contributed by atoms with E-state index in [2.05, 4.69) is 20.1 Å². The molecule has 2 aromatic heterocycles. The van der Waals surface area contributed by atoms with Crippen molar-refractivity contribution >= 4 is 17.7 Å². The van der Waals surface area contributed by atoms with E-state index in [1.807, 2.05) is 24.3 Å². The zero-order valence-electron chi connectivity index (χ0n) is 15.7. The molecular weight excluding hydrogens is 377 g/mol. The lowest BCUT2D eigenvalue weighted by molar-refractivity contribution is -0.0178. The van der Waals surface area contributed by atoms with Gasteiger partial charge in [0.15, 0.2) is 11.7 Å². The Hall–Kier alpha value is -3.27. The monoisotopic (exact) mass is 395 g/mol. The third kappa shape index (κ3) is 2.17. The first-order valence-corrected chi connectivity index (χ1v) is 9.56. The summed E-state index contributed by atoms with van der Waals surface area (Å²) in [6.07, 6.45) is 4.74. The smallest absolute Gasteiger partial charge is 0.345 e. The van der Waals surface area contributed by atoms with Crippen molar-refractivity contribution in [3.05, 3.63) is 47.9 Å². The fourth-order valence-electron chi connectivity index (χ4n) is 4.48. The third-order valence-corrected chi connectivity index (χ3v) is 5.95. The molecule has 4 heterocycles. The summed E-state index contributed by atoms with van der Waals surface area (Å²) in [6.45, 7) is 0.276. The average molecular weight is 395 g/mol. The van der Waals surface area contributed by atoms with Gasteiger partial charge in [0, 0.05) is 12.7 Å². The Balaban J connectivity index is 1.43. The van der Waals surface area contributed by atoms with Gasteiger partial charge in [-0.1, -0.05) is 17.3 Å². The highest BCUT2D eigenvalue weighted by Crippen LogP contribution is 2.42. The van der Waals surface area contributed by atoms with Crippen LogP contribution in [-0.2, 0) is 10.3 Å². The van der Waals surface area contributed by atoms with Crippen molar-refractivity contribution in [3.63, 3.8) is 0 Å². The summed E-state index contributed by atoms with van der Waals surface area (Å²) < 4.78 is 27.3. The molecule has 0 unspecified atom stereocenters. The summed E-state index contributed by atoms with van der Waals surface area (Å²) in [5.41, 5.74) is 1.00. The number of aromatic nitrogens is 4. The minimum Gasteiger partial charge on any atom is -0.370 e. The maximum absolute atomic E-state index is 14.5. The van der Waals surface area contributed by atoms with E-state index in [0.717, 1.165) is 31.2 Å². The highest BCUT2D eigenvalue weighted by molar-refractivity contribution is 6.16. The van der Waals surface area contributed by atoms with E-state index in [9.17, 15) is 4.39 Å². The number of hydrazine groups is 1. The number of anilines is 2. The molecule has 0 atom stereocenters. The number of benzene rings is 1. The van der Waals surface area contributed by atoms with Gasteiger partial charge in [0.25, 0.3) is 6.08 Å². The molecular formula is C19H18FN7O2. The van der Waals surface area contributed by atoms with E-state index in [-0.39, 0.29) is 12.7 Å². The molecule has 0 saturated heterocycles. The van der Waals surface area contributed by atoms with Crippen LogP contribution < -0.4 is 10.0 Å². The predicted molar refractivity (Wildman–Crippen MR) is 101 cm³/mol. The first-order valence-electron chi connectivity index (χ1n) is 9.56. The van der Waals surface area contributed by atoms with Crippen molar-refractivity contribution < 1.29 is 13.7 Å². The molecule has 148 valence electrons. The normalized spacial score (nSPS) is 19.2. The molecule has 1 aromatic carbocycles. The molecule has 0 N–H and O–H groups in total. The number of para-hydroxylation sites is 1. The summed E-state index contributed by atoms with van der Waals surface area (Å²) in [6, 6.07) is 7.80. The number of nitrogens with zero attached hydrogens (tertiary/aromatic N) is 7. The third-order valence-electron chi connectivity index (χ3n) is 5.95. The van der Waals surface area contributed by atoms with Crippen molar-refractivity contribution in [1.82, 2.24) is 19.7 Å². The topological polar surface area (TPSA) is 84.8 Å². The Labute approximate surface area is 165 Å². The maximum atomic E-state index is 14.5. The lowest BCUT2D eigenvalue weighted by Crippen LogP contribution is -2.46. The fraction of sp³-hybridized carbons (Fsp3) is 0.368. The summed E-state index contributed by atoms with van der Waals surface area (Å²) >= 11 is 0. The number of aliphatic imine (C=N–C) groups is 1. The van der Waals surface area contributed by atoms with Gasteiger partial charge >= 0.3 is 6.01 Å². The van der Waals surface area contributed by atoms with E-state index in [0.29, 0.717) is 23.2 Å². The molecule has 0 amide bonds. The number of imidazole rings is 1. The molecule has 6 rings (SSSR count). The van der Waals surface area contributed by atoms with Crippen LogP contribution in [0.2, 0.25) is 0 Å². The highest BCUT2D eigenvalue weighted by atomic mass is 19.1. The van der Waals surface area contributed by atoms with Crippen LogP contribution in [0.1, 0.15) is 37.1 Å². The summed E-state index contributed by atoms with van der Waals surface area (Å²) in [7, 11) is 1.68. The van der Waals surface area contributed by atoms with Crippen molar-refractivity contribution in [1.29, 1.82) is 0 Å². The van der Waals surface area contributed by atoms with Crippen LogP contribution in [0.5, 0.6) is 0 Å². The first kappa shape index (κ1) is 16.7. The summed E-state index contributed by atoms with van der Waals surface area (Å²) in [5.74, 6) is 1.76. The molecule has 1 saturated carbocycles. The minimum atomic E-state index is -0.589. The van der Waals surface area contributed by atoms with Gasteiger partial charge < -0.3 is 9.26 Å². The number of hydrogen-bond donors (Lipinski definition) is 0. The Bertz CT molecular complexity index is 1130. The van der Waals surface area contributed by atoms with Crippen LogP contribution >= 0.6 is 0 Å². The molecule has 3 aromatic rings. The van der Waals surface area contributed by atoms with Gasteiger partial charge in [-0.15, -0.1) is 0 Å². The van der Waals surface area contributed by atoms with E-state index >= 15 is 0 Å². The molecule has 0 bridgehead atoms. The number of hydrogen-bond acceptors (Lipinski definition) is 8. The van der Waals surface area contributed by atoms with Crippen molar-refractivity contribution in [2.24, 2.45) is 4.99 Å². The molecule has 9 nitrogen and oxygen atoms in total. The van der Waals surface area contributed by atoms with Crippen molar-refractivity contribution in [3.8, 4) is 5.69 Å². The average Bonchev–Trinajstić information content (AvgIpc) is 3.52. The van der Waals surface area contributed by atoms with Crippen LogP contribution in [-0.4, -0.2) is 39.3 Å². The van der Waals surface area contributed by atoms with Crippen LogP contribution in [0.4, 0.5) is 16.2 Å². The number of amidine groups is 1. The summed E-state index contributed by atoms with van der Waals surface area (Å²) in [4.78, 5) is 13.1. The lowest BCUT2D eigenvalue weighted by atomic mass is 10.0. The number of rotatable bonds is 3. The van der Waals surface area contributed by atoms with Gasteiger partial charge in [0.05, 0.1) is 11.9 Å². The maximum Gasteiger partial charge on any atom is 0.345 e. The lowest BCUT2D eigenvalue weighted by Gasteiger charge is -2.33. The summed E-state index contributed by atoms with van der Waals surface area (Å²) in [5, 5.41) is 7.70. The minimum absolute atomic E-state index is 0.276. The van der Waals surface area contributed by atoms with Gasteiger partial charge in [-0.2, -0.15) is 9.37 Å². The Morgan fingerprint density at radius 1 is 1.21 bits per heavy atom. The second-order valence-electron chi connectivity index (χ2n) is 7.38. The van der Waals surface area contributed by atoms with Crippen molar-refractivity contribution in [2.75, 3.05) is 23.8 Å². The number of fused-ring (bicyclic) bond motifs is 6. The molecule has 3 aliphatic rings. The van der Waals surface area contributed by atoms with E-state index in [1.165, 1.54) is 10.8 Å². The van der Waals surface area contributed by atoms with Crippen molar-refractivity contribution in [2.45, 2.75) is 31.3 Å². The SMILES string of the molecule is COC1(c2noc(N3CN=C4c5ccccc5-n5c(cnc5F)N43)n2)CCCC1. The molecule has 1 fully saturated rings. The number of ether oxygens (including phenoxy) is 1. The van der Waals surface area contributed by atoms with Crippen LogP contribution in [0.3, 0.4) is 0 Å². The van der Waals surface area contributed by atoms with Crippen LogP contribution in [0.15, 0.2) is 40.0 Å². The second-order valence-corrected chi connectivity index (χ2v) is 7.38. The predicted octanol–water partition coefficient (Wildman–Crippen LogP) is 2.77. The molecule has 29 heavy (non-hydrogen) atoms. The molecule has 0 spiro atoms. The van der Waals surface area contributed by atoms with Gasteiger partial charge in [-0.05, 0) is 37.8 Å². The number of methoxy groups -OCH3 is 1. The second kappa shape index (κ2) is 5.86. The van der Waals surface area contributed by atoms with E-state index < -0.39 is 11.7 Å². The Kier molecular flexibility index (Phi) is 3.37. The van der Waals surface area contributed by atoms with Gasteiger partial charge in [-0.3, -0.25) is 4.57 Å². The van der Waals surface area contributed by atoms with E-state index in [4.69, 9.17) is 9.26 Å². The number of halogens is 1. The van der Waals surface area contributed by atoms with E-state index in [1.54, 1.807) is 17.1 Å². The zero-order chi connectivity index (χ0) is 19.6. The molecule has 10 heteroatoms. The molecule has 0 radical (unpaired) electrons. The zero-order valence-corrected chi connectivity index (χ0v) is 15.7. The Morgan fingerprint density at radius 3 is 2.86 bits per heavy atom. The quantitative estimate of drug-likeness (QED) is 0.674. The highest BCUT2D eigenvalue weighted by Gasteiger charge is 2.43.